The molecule has 0 saturated heterocycles. The largest absolute Gasteiger partial charge is 0.508 e. The van der Waals surface area contributed by atoms with E-state index in [1.54, 1.807) is 43.5 Å². The molecule has 0 saturated carbocycles. The molecule has 2 N–H and O–H groups in total. The van der Waals surface area contributed by atoms with E-state index in [0.717, 1.165) is 11.1 Å². The van der Waals surface area contributed by atoms with Gasteiger partial charge in [-0.15, -0.1) is 0 Å². The zero-order chi connectivity index (χ0) is 14.1. The molecule has 1 aliphatic heterocycles. The van der Waals surface area contributed by atoms with Gasteiger partial charge in [-0.25, -0.2) is 0 Å². The third kappa shape index (κ3) is 2.30. The molecule has 20 heavy (non-hydrogen) atoms. The van der Waals surface area contributed by atoms with E-state index in [1.807, 2.05) is 6.07 Å². The van der Waals surface area contributed by atoms with Gasteiger partial charge in [0.05, 0.1) is 13.2 Å². The number of benzene rings is 2. The average molecular weight is 272 g/mol. The van der Waals surface area contributed by atoms with E-state index in [0.29, 0.717) is 17.9 Å². The minimum Gasteiger partial charge on any atom is -0.508 e. The number of aromatic hydroxyl groups is 1. The minimum atomic E-state index is -0.610. The number of fused-ring (bicyclic) bond motifs is 1. The van der Waals surface area contributed by atoms with Crippen molar-refractivity contribution in [2.45, 2.75) is 18.6 Å². The van der Waals surface area contributed by atoms with Gasteiger partial charge in [-0.1, -0.05) is 12.1 Å². The lowest BCUT2D eigenvalue weighted by atomic mass is 9.95. The van der Waals surface area contributed by atoms with Crippen LogP contribution in [-0.4, -0.2) is 17.3 Å². The second-order valence-corrected chi connectivity index (χ2v) is 4.86. The molecule has 2 aromatic carbocycles. The lowest BCUT2D eigenvalue weighted by Crippen LogP contribution is -2.19. The first-order valence-electron chi connectivity index (χ1n) is 6.49. The van der Waals surface area contributed by atoms with Gasteiger partial charge in [0.2, 0.25) is 0 Å². The monoisotopic (exact) mass is 272 g/mol. The van der Waals surface area contributed by atoms with Gasteiger partial charge in [0.1, 0.15) is 23.4 Å². The third-order valence-electron chi connectivity index (χ3n) is 3.52. The summed E-state index contributed by atoms with van der Waals surface area (Å²) in [7, 11) is 1.59. The highest BCUT2D eigenvalue weighted by Crippen LogP contribution is 2.42. The molecule has 0 spiro atoms. The second-order valence-electron chi connectivity index (χ2n) is 4.86. The van der Waals surface area contributed by atoms with Crippen LogP contribution in [-0.2, 0) is 0 Å². The lowest BCUT2D eigenvalue weighted by Gasteiger charge is -2.30. The SMILES string of the molecule is COc1ccc2c(c1)[C@H](O)CC(c1cccc(O)c1)O2. The van der Waals surface area contributed by atoms with E-state index in [1.165, 1.54) is 0 Å². The Morgan fingerprint density at radius 3 is 2.80 bits per heavy atom. The molecule has 0 aromatic heterocycles. The van der Waals surface area contributed by atoms with Gasteiger partial charge in [-0.3, -0.25) is 0 Å². The molecule has 0 fully saturated rings. The van der Waals surface area contributed by atoms with Crippen LogP contribution in [0.4, 0.5) is 0 Å². The van der Waals surface area contributed by atoms with Gasteiger partial charge >= 0.3 is 0 Å². The van der Waals surface area contributed by atoms with Crippen LogP contribution in [0.1, 0.15) is 29.8 Å². The maximum Gasteiger partial charge on any atom is 0.127 e. The van der Waals surface area contributed by atoms with Crippen LogP contribution in [0.5, 0.6) is 17.2 Å². The Balaban J connectivity index is 1.93. The molecule has 0 radical (unpaired) electrons. The molecule has 4 heteroatoms. The third-order valence-corrected chi connectivity index (χ3v) is 3.52. The van der Waals surface area contributed by atoms with Crippen molar-refractivity contribution >= 4 is 0 Å². The van der Waals surface area contributed by atoms with Crippen molar-refractivity contribution in [3.63, 3.8) is 0 Å². The standard InChI is InChI=1S/C16H16O4/c1-19-12-5-6-15-13(8-12)14(18)9-16(20-15)10-3-2-4-11(17)7-10/h2-8,14,16-18H,9H2,1H3/t14-,16?/m1/s1. The predicted octanol–water partition coefficient (Wildman–Crippen LogP) is 2.96. The molecule has 4 nitrogen and oxygen atoms in total. The van der Waals surface area contributed by atoms with Crippen LogP contribution in [0.3, 0.4) is 0 Å². The number of phenolic OH excluding ortho intramolecular Hbond substituents is 1. The Hall–Kier alpha value is -2.20. The van der Waals surface area contributed by atoms with Gasteiger partial charge in [-0.05, 0) is 35.9 Å². The summed E-state index contributed by atoms with van der Waals surface area (Å²) in [5, 5.41) is 19.8. The summed E-state index contributed by atoms with van der Waals surface area (Å²) >= 11 is 0. The van der Waals surface area contributed by atoms with Crippen LogP contribution in [0.25, 0.3) is 0 Å². The number of rotatable bonds is 2. The van der Waals surface area contributed by atoms with Gasteiger partial charge in [0, 0.05) is 12.0 Å². The Kier molecular flexibility index (Phi) is 3.24. The normalized spacial score (nSPS) is 20.9. The van der Waals surface area contributed by atoms with E-state index < -0.39 is 6.10 Å². The summed E-state index contributed by atoms with van der Waals surface area (Å²) in [6.45, 7) is 0. The molecule has 0 bridgehead atoms. The van der Waals surface area contributed by atoms with Crippen molar-refractivity contribution in [3.05, 3.63) is 53.6 Å². The van der Waals surface area contributed by atoms with Crippen molar-refractivity contribution < 1.29 is 19.7 Å². The van der Waals surface area contributed by atoms with Gasteiger partial charge in [0.15, 0.2) is 0 Å². The minimum absolute atomic E-state index is 0.195. The summed E-state index contributed by atoms with van der Waals surface area (Å²) in [6.07, 6.45) is -0.428. The first-order chi connectivity index (χ1) is 9.67. The van der Waals surface area contributed by atoms with E-state index in [9.17, 15) is 10.2 Å². The summed E-state index contributed by atoms with van der Waals surface area (Å²) < 4.78 is 11.1. The maximum atomic E-state index is 10.3. The summed E-state index contributed by atoms with van der Waals surface area (Å²) in [5.74, 6) is 1.54. The molecule has 0 amide bonds. The Morgan fingerprint density at radius 2 is 2.05 bits per heavy atom. The highest BCUT2D eigenvalue weighted by molar-refractivity contribution is 5.44. The van der Waals surface area contributed by atoms with Crippen molar-refractivity contribution in [1.82, 2.24) is 0 Å². The maximum absolute atomic E-state index is 10.3. The zero-order valence-corrected chi connectivity index (χ0v) is 11.1. The fourth-order valence-electron chi connectivity index (χ4n) is 2.48. The Bertz CT molecular complexity index is 624. The number of aliphatic hydroxyl groups excluding tert-OH is 1. The van der Waals surface area contributed by atoms with Crippen molar-refractivity contribution in [3.8, 4) is 17.2 Å². The molecule has 0 aliphatic carbocycles. The Labute approximate surface area is 117 Å². The van der Waals surface area contributed by atoms with Gasteiger partial charge in [-0.2, -0.15) is 0 Å². The first kappa shape index (κ1) is 12.8. The topological polar surface area (TPSA) is 58.9 Å². The highest BCUT2D eigenvalue weighted by atomic mass is 16.5. The van der Waals surface area contributed by atoms with E-state index in [4.69, 9.17) is 9.47 Å². The van der Waals surface area contributed by atoms with Crippen molar-refractivity contribution in [2.24, 2.45) is 0 Å². The van der Waals surface area contributed by atoms with Crippen molar-refractivity contribution in [2.75, 3.05) is 7.11 Å². The highest BCUT2D eigenvalue weighted by Gasteiger charge is 2.28. The van der Waals surface area contributed by atoms with Crippen LogP contribution in [0, 0.1) is 0 Å². The molecule has 104 valence electrons. The number of phenols is 1. The fraction of sp³-hybridized carbons (Fsp3) is 0.250. The number of hydrogen-bond donors (Lipinski definition) is 2. The van der Waals surface area contributed by atoms with E-state index in [-0.39, 0.29) is 11.9 Å². The molecule has 1 heterocycles. The van der Waals surface area contributed by atoms with E-state index in [2.05, 4.69) is 0 Å². The number of hydrogen-bond acceptors (Lipinski definition) is 4. The smallest absolute Gasteiger partial charge is 0.127 e. The molecule has 1 aliphatic rings. The number of ether oxygens (including phenoxy) is 2. The molecular formula is C16H16O4. The van der Waals surface area contributed by atoms with Crippen LogP contribution < -0.4 is 9.47 Å². The lowest BCUT2D eigenvalue weighted by molar-refractivity contribution is 0.0653. The zero-order valence-electron chi connectivity index (χ0n) is 11.1. The van der Waals surface area contributed by atoms with Crippen LogP contribution >= 0.6 is 0 Å². The molecule has 2 atom stereocenters. The fourth-order valence-corrected chi connectivity index (χ4v) is 2.48. The molecular weight excluding hydrogens is 256 g/mol. The van der Waals surface area contributed by atoms with Crippen molar-refractivity contribution in [1.29, 1.82) is 0 Å². The quantitative estimate of drug-likeness (QED) is 0.882. The van der Waals surface area contributed by atoms with Gasteiger partial charge in [0.25, 0.3) is 0 Å². The van der Waals surface area contributed by atoms with Crippen LogP contribution in [0.2, 0.25) is 0 Å². The average Bonchev–Trinajstić information content (AvgIpc) is 2.47. The molecule has 1 unspecified atom stereocenters. The second kappa shape index (κ2) is 5.06. The van der Waals surface area contributed by atoms with Gasteiger partial charge < -0.3 is 19.7 Å². The summed E-state index contributed by atoms with van der Waals surface area (Å²) in [5.41, 5.74) is 1.59. The molecule has 2 aromatic rings. The number of methoxy groups -OCH3 is 1. The Morgan fingerprint density at radius 1 is 1.20 bits per heavy atom. The summed E-state index contributed by atoms with van der Waals surface area (Å²) in [6, 6.07) is 12.3. The summed E-state index contributed by atoms with van der Waals surface area (Å²) in [4.78, 5) is 0. The predicted molar refractivity (Wildman–Crippen MR) is 74.0 cm³/mol. The first-order valence-corrected chi connectivity index (χ1v) is 6.49. The van der Waals surface area contributed by atoms with Crippen LogP contribution in [0.15, 0.2) is 42.5 Å². The van der Waals surface area contributed by atoms with E-state index >= 15 is 0 Å². The number of aliphatic hydroxyl groups is 1. The molecule has 3 rings (SSSR count).